The second kappa shape index (κ2) is 23.7. The molecular weight excluding hydrogens is 879 g/mol. The van der Waals surface area contributed by atoms with Crippen LogP contribution in [0.5, 0.6) is 0 Å². The summed E-state index contributed by atoms with van der Waals surface area (Å²) in [6, 6.07) is 12.5. The van der Waals surface area contributed by atoms with Gasteiger partial charge in [-0.3, -0.25) is 9.59 Å². The van der Waals surface area contributed by atoms with E-state index in [-0.39, 0.29) is 117 Å². The molecule has 2 aromatic heterocycles. The number of carbonyl (C=O) groups is 3. The van der Waals surface area contributed by atoms with E-state index in [1.54, 1.807) is 4.90 Å². The Balaban J connectivity index is 0.00000320. The van der Waals surface area contributed by atoms with E-state index in [0.29, 0.717) is 44.8 Å². The summed E-state index contributed by atoms with van der Waals surface area (Å²) in [7, 11) is 1.29. The van der Waals surface area contributed by atoms with Crippen molar-refractivity contribution in [2.45, 2.75) is 85.0 Å². The topological polar surface area (TPSA) is 146 Å². The van der Waals surface area contributed by atoms with Crippen molar-refractivity contribution < 1.29 is 23.9 Å². The van der Waals surface area contributed by atoms with Gasteiger partial charge in [0.25, 0.3) is 0 Å². The lowest BCUT2D eigenvalue weighted by Crippen LogP contribution is -2.52. The molecule has 2 saturated heterocycles. The minimum Gasteiger partial charge on any atom is -0.453 e. The summed E-state index contributed by atoms with van der Waals surface area (Å²) < 4.78 is 11.1. The van der Waals surface area contributed by atoms with Gasteiger partial charge in [0.2, 0.25) is 11.8 Å². The highest BCUT2D eigenvalue weighted by Crippen LogP contribution is 2.43. The van der Waals surface area contributed by atoms with Crippen molar-refractivity contribution in [3.8, 4) is 23.1 Å². The van der Waals surface area contributed by atoms with E-state index < -0.39 is 17.7 Å². The Hall–Kier alpha value is -3.92. The molecule has 12 nitrogen and oxygen atoms in total. The number of nitrogens with zero attached hydrogens (tertiary/aromatic N) is 4. The molecule has 0 saturated carbocycles. The fourth-order valence-electron chi connectivity index (χ4n) is 7.82. The standard InChI is InChI=1S/C44H51N7O5.CH4.5H2S/c1-26(2)29(6)41(52)50-24-28(5)20-36(50)39-45-23-35(48-39)32-15-12-30(13-16-32)10-11-31-14-17-33-34(21-31)47-40(46-33)37-22-44(18-8-9-19-56-44)25-51(37)42(53)38(27(3)4)49-43(54)55-7;;;;;;/h8-9,12-17,21,23,26-27,29,36-38H,5,18-20,22,24-25H2,1-4,6-7H3,(H,45,48)(H,46,47)(H,49,54);1H4;5*1H2/t29-,36-,37-,38-,44-;;;;;;/m0....../s1. The van der Waals surface area contributed by atoms with Gasteiger partial charge < -0.3 is 34.6 Å². The van der Waals surface area contributed by atoms with Gasteiger partial charge in [-0.2, -0.15) is 67.5 Å². The Kier molecular flexibility index (Phi) is 21.4. The monoisotopic (exact) mass is 943 g/mol. The maximum Gasteiger partial charge on any atom is 0.407 e. The molecule has 7 rings (SSSR count). The van der Waals surface area contributed by atoms with Crippen molar-refractivity contribution in [3.63, 3.8) is 0 Å². The number of nitrogens with one attached hydrogen (secondary N) is 3. The summed E-state index contributed by atoms with van der Waals surface area (Å²) in [4.78, 5) is 59.8. The molecule has 2 fully saturated rings. The fraction of sp³-hybridized carbons (Fsp3) is 0.444. The molecule has 0 unspecified atom stereocenters. The summed E-state index contributed by atoms with van der Waals surface area (Å²) in [6.45, 7) is 15.5. The van der Waals surface area contributed by atoms with Crippen LogP contribution in [0.15, 0.2) is 73.0 Å². The number of H-pyrrole nitrogens is 2. The van der Waals surface area contributed by atoms with Gasteiger partial charge in [0.05, 0.1) is 60.9 Å². The number of imidazole rings is 2. The molecular formula is C45H65N7O5S5. The van der Waals surface area contributed by atoms with Crippen molar-refractivity contribution >= 4 is 96.4 Å². The summed E-state index contributed by atoms with van der Waals surface area (Å²) >= 11 is 0. The van der Waals surface area contributed by atoms with Gasteiger partial charge in [-0.1, -0.05) is 90.3 Å². The molecule has 5 atom stereocenters. The average Bonchev–Trinajstić information content (AvgIpc) is 4.00. The Morgan fingerprint density at radius 3 is 2.19 bits per heavy atom. The highest BCUT2D eigenvalue weighted by Gasteiger charge is 2.50. The van der Waals surface area contributed by atoms with Crippen LogP contribution in [0.4, 0.5) is 4.79 Å². The van der Waals surface area contributed by atoms with Crippen molar-refractivity contribution in [1.29, 1.82) is 0 Å². The highest BCUT2D eigenvalue weighted by molar-refractivity contribution is 7.60. The van der Waals surface area contributed by atoms with E-state index in [1.165, 1.54) is 7.11 Å². The lowest BCUT2D eigenvalue weighted by atomic mass is 9.94. The summed E-state index contributed by atoms with van der Waals surface area (Å²) in [5.74, 6) is 7.94. The molecule has 3 N–H and O–H groups in total. The van der Waals surface area contributed by atoms with Crippen LogP contribution in [-0.2, 0) is 19.1 Å². The number of likely N-dealkylation sites (tertiary alicyclic amines) is 2. The van der Waals surface area contributed by atoms with Crippen molar-refractivity contribution in [2.75, 3.05) is 26.8 Å². The van der Waals surface area contributed by atoms with Gasteiger partial charge in [0.15, 0.2) is 0 Å². The number of carbonyl (C=O) groups excluding carboxylic acids is 3. The molecule has 62 heavy (non-hydrogen) atoms. The largest absolute Gasteiger partial charge is 0.453 e. The number of amides is 3. The number of benzene rings is 2. The molecule has 0 bridgehead atoms. The lowest BCUT2D eigenvalue weighted by Gasteiger charge is -2.32. The molecule has 340 valence electrons. The van der Waals surface area contributed by atoms with Gasteiger partial charge in [-0.25, -0.2) is 14.8 Å². The van der Waals surface area contributed by atoms with E-state index in [9.17, 15) is 14.4 Å². The second-order valence-electron chi connectivity index (χ2n) is 16.0. The lowest BCUT2D eigenvalue weighted by molar-refractivity contribution is -0.137. The van der Waals surface area contributed by atoms with Crippen molar-refractivity contribution in [1.82, 2.24) is 35.1 Å². The molecule has 0 aliphatic carbocycles. The van der Waals surface area contributed by atoms with E-state index in [1.807, 2.05) is 80.4 Å². The maximum absolute atomic E-state index is 14.1. The first-order valence-corrected chi connectivity index (χ1v) is 19.4. The molecule has 0 radical (unpaired) electrons. The number of aromatic amines is 2. The van der Waals surface area contributed by atoms with Crippen LogP contribution in [0, 0.1) is 29.6 Å². The smallest absolute Gasteiger partial charge is 0.407 e. The number of alkyl carbamates (subject to hydrolysis) is 1. The zero-order valence-electron chi connectivity index (χ0n) is 35.5. The summed E-state index contributed by atoms with van der Waals surface area (Å²) in [5.41, 5.74) is 5.61. The number of rotatable bonds is 8. The number of ether oxygens (including phenoxy) is 2. The molecule has 3 aliphatic heterocycles. The van der Waals surface area contributed by atoms with Crippen LogP contribution in [0.25, 0.3) is 22.3 Å². The number of methoxy groups -OCH3 is 1. The molecule has 1 spiro atoms. The number of aromatic nitrogens is 4. The van der Waals surface area contributed by atoms with Gasteiger partial charge in [-0.15, -0.1) is 0 Å². The third-order valence-corrected chi connectivity index (χ3v) is 11.4. The highest BCUT2D eigenvalue weighted by atomic mass is 32.1. The normalized spacial score (nSPS) is 19.7. The Labute approximate surface area is 401 Å². The first kappa shape index (κ1) is 56.1. The van der Waals surface area contributed by atoms with Gasteiger partial charge >= 0.3 is 6.09 Å². The van der Waals surface area contributed by atoms with Crippen LogP contribution in [0.2, 0.25) is 0 Å². The maximum atomic E-state index is 14.1. The third kappa shape index (κ3) is 12.0. The van der Waals surface area contributed by atoms with E-state index in [0.717, 1.165) is 44.8 Å². The van der Waals surface area contributed by atoms with Crippen LogP contribution >= 0.6 is 67.5 Å². The van der Waals surface area contributed by atoms with Crippen molar-refractivity contribution in [3.05, 3.63) is 95.7 Å². The quantitative estimate of drug-likeness (QED) is 0.120. The summed E-state index contributed by atoms with van der Waals surface area (Å²) in [6.07, 6.45) is 7.22. The third-order valence-electron chi connectivity index (χ3n) is 11.4. The Morgan fingerprint density at radius 1 is 0.887 bits per heavy atom. The van der Waals surface area contributed by atoms with E-state index >= 15 is 0 Å². The van der Waals surface area contributed by atoms with Gasteiger partial charge in [-0.05, 0) is 60.6 Å². The molecule has 3 amide bonds. The molecule has 3 aliphatic rings. The zero-order valence-corrected chi connectivity index (χ0v) is 40.5. The van der Waals surface area contributed by atoms with Crippen LogP contribution in [-0.4, -0.2) is 86.1 Å². The fourth-order valence-corrected chi connectivity index (χ4v) is 7.82. The first-order chi connectivity index (χ1) is 26.8. The Morgan fingerprint density at radius 2 is 1.56 bits per heavy atom. The predicted molar refractivity (Wildman–Crippen MR) is 273 cm³/mol. The molecule has 4 aromatic rings. The van der Waals surface area contributed by atoms with Gasteiger partial charge in [0, 0.05) is 30.0 Å². The van der Waals surface area contributed by atoms with Crippen LogP contribution in [0.3, 0.4) is 0 Å². The second-order valence-corrected chi connectivity index (χ2v) is 16.0. The minimum absolute atomic E-state index is 0. The molecule has 2 aromatic carbocycles. The number of hydrogen-bond donors (Lipinski definition) is 3. The average molecular weight is 944 g/mol. The number of fused-ring (bicyclic) bond motifs is 1. The molecule has 17 heteroatoms. The molecule has 5 heterocycles. The predicted octanol–water partition coefficient (Wildman–Crippen LogP) is 8.04. The van der Waals surface area contributed by atoms with Crippen LogP contribution < -0.4 is 5.32 Å². The first-order valence-electron chi connectivity index (χ1n) is 19.4. The van der Waals surface area contributed by atoms with E-state index in [2.05, 4.69) is 58.6 Å². The number of hydrogen-bond acceptors (Lipinski definition) is 7. The SMILES string of the molecule is C.C=C1C[C@@H](c2ncc(-c3ccc(C#Cc4ccc5nc([C@@H]6C[C@@]7(CC=CCO7)CN6C(=O)[C@@H](NC(=O)OC)C(C)C)[nH]c5c4)cc3)[nH]2)N(C(=O)[C@@H](C)C(C)C)C1.S.S.S.S.S. The Bertz CT molecular complexity index is 2250. The summed E-state index contributed by atoms with van der Waals surface area (Å²) in [5, 5.41) is 2.73. The van der Waals surface area contributed by atoms with Crippen LogP contribution in [0.1, 0.15) is 96.2 Å². The van der Waals surface area contributed by atoms with Gasteiger partial charge in [0.1, 0.15) is 17.7 Å². The van der Waals surface area contributed by atoms with Crippen molar-refractivity contribution in [2.24, 2.45) is 17.8 Å². The minimum atomic E-state index is -0.768. The zero-order chi connectivity index (χ0) is 39.7. The van der Waals surface area contributed by atoms with E-state index in [4.69, 9.17) is 14.5 Å².